The lowest BCUT2D eigenvalue weighted by molar-refractivity contribution is 0.253. The maximum atomic E-state index is 2.47. The minimum atomic E-state index is 0.956. The van der Waals surface area contributed by atoms with E-state index in [2.05, 4.69) is 27.7 Å². The van der Waals surface area contributed by atoms with Gasteiger partial charge in [0.25, 0.3) is 0 Å². The first-order valence-electron chi connectivity index (χ1n) is 6.19. The summed E-state index contributed by atoms with van der Waals surface area (Å²) < 4.78 is 0. The third-order valence-electron chi connectivity index (χ3n) is 4.39. The molecule has 0 N–H and O–H groups in total. The molecule has 0 amide bonds. The van der Waals surface area contributed by atoms with Gasteiger partial charge in [-0.05, 0) is 36.5 Å². The molecular formula is C13H26. The molecule has 4 atom stereocenters. The van der Waals surface area contributed by atoms with Crippen molar-refractivity contribution in [3.63, 3.8) is 0 Å². The minimum absolute atomic E-state index is 0.956. The lowest BCUT2D eigenvalue weighted by atomic mass is 9.81. The van der Waals surface area contributed by atoms with Crippen molar-refractivity contribution in [3.8, 4) is 0 Å². The van der Waals surface area contributed by atoms with Crippen LogP contribution in [0, 0.1) is 23.7 Å². The van der Waals surface area contributed by atoms with Crippen LogP contribution in [0.3, 0.4) is 0 Å². The van der Waals surface area contributed by atoms with Crippen molar-refractivity contribution in [2.24, 2.45) is 23.7 Å². The standard InChI is InChI=1S/C13H26/c1-5-12-7-8-13(6-2)11(4)10(3)9-12/h10-13H,5-9H2,1-4H3. The Labute approximate surface area is 84.1 Å². The van der Waals surface area contributed by atoms with Gasteiger partial charge < -0.3 is 0 Å². The van der Waals surface area contributed by atoms with Gasteiger partial charge >= 0.3 is 0 Å². The fourth-order valence-corrected chi connectivity index (χ4v) is 2.98. The van der Waals surface area contributed by atoms with E-state index in [0.29, 0.717) is 0 Å². The van der Waals surface area contributed by atoms with Gasteiger partial charge in [0.2, 0.25) is 0 Å². The third-order valence-corrected chi connectivity index (χ3v) is 4.39. The molecule has 0 aromatic rings. The molecule has 0 nitrogen and oxygen atoms in total. The van der Waals surface area contributed by atoms with Gasteiger partial charge in [0.15, 0.2) is 0 Å². The molecule has 0 spiro atoms. The maximum absolute atomic E-state index is 2.47. The Kier molecular flexibility index (Phi) is 4.28. The Balaban J connectivity index is 2.56. The first-order chi connectivity index (χ1) is 6.19. The molecule has 0 aliphatic heterocycles. The Morgan fingerprint density at radius 2 is 1.69 bits per heavy atom. The lowest BCUT2D eigenvalue weighted by Crippen LogP contribution is -2.16. The zero-order valence-electron chi connectivity index (χ0n) is 9.84. The van der Waals surface area contributed by atoms with E-state index in [1.54, 1.807) is 0 Å². The summed E-state index contributed by atoms with van der Waals surface area (Å²) in [5.74, 6) is 3.94. The molecule has 0 bridgehead atoms. The van der Waals surface area contributed by atoms with Crippen molar-refractivity contribution in [1.82, 2.24) is 0 Å². The van der Waals surface area contributed by atoms with Crippen LogP contribution in [0.15, 0.2) is 0 Å². The van der Waals surface area contributed by atoms with Crippen molar-refractivity contribution in [1.29, 1.82) is 0 Å². The fourth-order valence-electron chi connectivity index (χ4n) is 2.98. The molecule has 0 heterocycles. The summed E-state index contributed by atoms with van der Waals surface area (Å²) in [5, 5.41) is 0. The van der Waals surface area contributed by atoms with E-state index in [1.165, 1.54) is 32.1 Å². The van der Waals surface area contributed by atoms with Gasteiger partial charge in [-0.25, -0.2) is 0 Å². The molecule has 0 aromatic heterocycles. The van der Waals surface area contributed by atoms with Crippen LogP contribution in [0.4, 0.5) is 0 Å². The highest BCUT2D eigenvalue weighted by Crippen LogP contribution is 2.38. The van der Waals surface area contributed by atoms with E-state index >= 15 is 0 Å². The summed E-state index contributed by atoms with van der Waals surface area (Å²) in [6.45, 7) is 9.65. The molecule has 1 saturated carbocycles. The fraction of sp³-hybridized carbons (Fsp3) is 1.00. The van der Waals surface area contributed by atoms with Crippen LogP contribution < -0.4 is 0 Å². The number of hydrogen-bond donors (Lipinski definition) is 0. The van der Waals surface area contributed by atoms with Gasteiger partial charge in [-0.15, -0.1) is 0 Å². The van der Waals surface area contributed by atoms with Crippen LogP contribution in [-0.2, 0) is 0 Å². The van der Waals surface area contributed by atoms with Gasteiger partial charge in [0.1, 0.15) is 0 Å². The van der Waals surface area contributed by atoms with Crippen LogP contribution >= 0.6 is 0 Å². The van der Waals surface area contributed by atoms with E-state index in [-0.39, 0.29) is 0 Å². The predicted molar refractivity (Wildman–Crippen MR) is 59.7 cm³/mol. The van der Waals surface area contributed by atoms with Gasteiger partial charge in [-0.2, -0.15) is 0 Å². The van der Waals surface area contributed by atoms with Gasteiger partial charge in [-0.3, -0.25) is 0 Å². The molecule has 1 aliphatic rings. The Morgan fingerprint density at radius 3 is 2.23 bits per heavy atom. The van der Waals surface area contributed by atoms with Crippen LogP contribution in [0.5, 0.6) is 0 Å². The van der Waals surface area contributed by atoms with Crippen molar-refractivity contribution in [2.45, 2.75) is 59.8 Å². The Morgan fingerprint density at radius 1 is 1.00 bits per heavy atom. The Hall–Kier alpha value is 0. The minimum Gasteiger partial charge on any atom is -0.0651 e. The molecule has 1 fully saturated rings. The van der Waals surface area contributed by atoms with Gasteiger partial charge in [0.05, 0.1) is 0 Å². The molecule has 0 saturated heterocycles. The summed E-state index contributed by atoms with van der Waals surface area (Å²) in [4.78, 5) is 0. The normalized spacial score (nSPS) is 41.5. The van der Waals surface area contributed by atoms with Crippen molar-refractivity contribution in [3.05, 3.63) is 0 Å². The van der Waals surface area contributed by atoms with E-state index in [1.807, 2.05) is 0 Å². The summed E-state index contributed by atoms with van der Waals surface area (Å²) >= 11 is 0. The summed E-state index contributed by atoms with van der Waals surface area (Å²) in [6.07, 6.45) is 7.24. The first kappa shape index (κ1) is 11.1. The summed E-state index contributed by atoms with van der Waals surface area (Å²) in [7, 11) is 0. The number of hydrogen-bond acceptors (Lipinski definition) is 0. The van der Waals surface area contributed by atoms with E-state index in [4.69, 9.17) is 0 Å². The van der Waals surface area contributed by atoms with Crippen LogP contribution in [0.1, 0.15) is 59.8 Å². The average Bonchev–Trinajstić information content (AvgIpc) is 2.28. The highest BCUT2D eigenvalue weighted by Gasteiger charge is 2.27. The van der Waals surface area contributed by atoms with E-state index in [9.17, 15) is 0 Å². The van der Waals surface area contributed by atoms with Crippen molar-refractivity contribution in [2.75, 3.05) is 0 Å². The molecule has 4 unspecified atom stereocenters. The molecule has 0 aromatic carbocycles. The highest BCUT2D eigenvalue weighted by molar-refractivity contribution is 4.78. The van der Waals surface area contributed by atoms with E-state index < -0.39 is 0 Å². The second-order valence-electron chi connectivity index (χ2n) is 5.09. The van der Waals surface area contributed by atoms with Crippen molar-refractivity contribution >= 4 is 0 Å². The van der Waals surface area contributed by atoms with Crippen LogP contribution in [0.2, 0.25) is 0 Å². The van der Waals surface area contributed by atoms with Gasteiger partial charge in [-0.1, -0.05) is 47.0 Å². The van der Waals surface area contributed by atoms with Crippen LogP contribution in [0.25, 0.3) is 0 Å². The average molecular weight is 182 g/mol. The first-order valence-corrected chi connectivity index (χ1v) is 6.19. The molecule has 1 rings (SSSR count). The lowest BCUT2D eigenvalue weighted by Gasteiger charge is -2.24. The molecule has 78 valence electrons. The topological polar surface area (TPSA) is 0 Å². The third kappa shape index (κ3) is 2.72. The molecular weight excluding hydrogens is 156 g/mol. The predicted octanol–water partition coefficient (Wildman–Crippen LogP) is 4.49. The Bertz CT molecular complexity index is 139. The largest absolute Gasteiger partial charge is 0.0651 e. The second kappa shape index (κ2) is 5.02. The second-order valence-corrected chi connectivity index (χ2v) is 5.09. The molecule has 13 heavy (non-hydrogen) atoms. The summed E-state index contributed by atoms with van der Waals surface area (Å²) in [5.41, 5.74) is 0. The zero-order valence-corrected chi connectivity index (χ0v) is 9.84. The smallest absolute Gasteiger partial charge is 0.0388 e. The molecule has 0 heteroatoms. The quantitative estimate of drug-likeness (QED) is 0.552. The van der Waals surface area contributed by atoms with Gasteiger partial charge in [0, 0.05) is 0 Å². The molecule has 0 radical (unpaired) electrons. The monoisotopic (exact) mass is 182 g/mol. The SMILES string of the molecule is CCC1CCC(CC)C(C)C(C)C1. The van der Waals surface area contributed by atoms with Crippen molar-refractivity contribution < 1.29 is 0 Å². The summed E-state index contributed by atoms with van der Waals surface area (Å²) in [6, 6.07) is 0. The maximum Gasteiger partial charge on any atom is -0.0388 e. The number of rotatable bonds is 2. The highest BCUT2D eigenvalue weighted by atomic mass is 14.3. The molecule has 1 aliphatic carbocycles. The zero-order chi connectivity index (χ0) is 9.84. The van der Waals surface area contributed by atoms with E-state index in [0.717, 1.165) is 23.7 Å². The van der Waals surface area contributed by atoms with Crippen LogP contribution in [-0.4, -0.2) is 0 Å².